The van der Waals surface area contributed by atoms with E-state index in [0.29, 0.717) is 0 Å². The maximum atomic E-state index is 14.9. The van der Waals surface area contributed by atoms with Gasteiger partial charge in [-0.2, -0.15) is 13.2 Å². The molecule has 0 unspecified atom stereocenters. The van der Waals surface area contributed by atoms with E-state index in [0.717, 1.165) is 32.7 Å². The molecule has 0 bridgehead atoms. The Balaban J connectivity index is 1.92. The van der Waals surface area contributed by atoms with Crippen LogP contribution in [-0.2, 0) is 11.6 Å². The lowest BCUT2D eigenvalue weighted by Crippen LogP contribution is -2.14. The number of halogens is 6. The number of nitrogens with zero attached hydrogens (tertiary/aromatic N) is 2. The molecule has 0 amide bonds. The minimum Gasteiger partial charge on any atom is -0.236 e. The summed E-state index contributed by atoms with van der Waals surface area (Å²) < 4.78 is 85.2. The molecule has 0 N–H and O–H groups in total. The molecule has 34 heavy (non-hydrogen) atoms. The van der Waals surface area contributed by atoms with Crippen molar-refractivity contribution in [2.75, 3.05) is 0 Å². The zero-order valence-electron chi connectivity index (χ0n) is 18.1. The topological polar surface area (TPSA) is 25.8 Å². The predicted molar refractivity (Wildman–Crippen MR) is 121 cm³/mol. The molecule has 0 saturated carbocycles. The Morgan fingerprint density at radius 1 is 0.824 bits per heavy atom. The summed E-state index contributed by atoms with van der Waals surface area (Å²) in [7, 11) is 0. The number of rotatable bonds is 1. The van der Waals surface area contributed by atoms with Crippen LogP contribution < -0.4 is 0 Å². The van der Waals surface area contributed by atoms with Gasteiger partial charge in [0.15, 0.2) is 17.5 Å². The average Bonchev–Trinajstić information content (AvgIpc) is 3.20. The highest BCUT2D eigenvalue weighted by Gasteiger charge is 2.41. The summed E-state index contributed by atoms with van der Waals surface area (Å²) in [5.74, 6) is -6.30. The van der Waals surface area contributed by atoms with E-state index in [4.69, 9.17) is 0 Å². The largest absolute Gasteiger partial charge is 0.421 e. The summed E-state index contributed by atoms with van der Waals surface area (Å²) in [6.45, 7) is 5.92. The van der Waals surface area contributed by atoms with E-state index in [1.807, 2.05) is 44.4 Å². The first-order valence-electron chi connectivity index (χ1n) is 10.2. The van der Waals surface area contributed by atoms with Gasteiger partial charge in [0, 0.05) is 10.3 Å². The van der Waals surface area contributed by atoms with E-state index >= 15 is 0 Å². The third-order valence-electron chi connectivity index (χ3n) is 5.80. The highest BCUT2D eigenvalue weighted by molar-refractivity contribution is 7.17. The van der Waals surface area contributed by atoms with Crippen molar-refractivity contribution in [3.05, 3.63) is 70.6 Å². The molecular weight excluding hydrogens is 474 g/mol. The molecule has 2 aromatic heterocycles. The molecule has 0 aliphatic rings. The predicted octanol–water partition coefficient (Wildman–Crippen LogP) is 8.40. The van der Waals surface area contributed by atoms with Gasteiger partial charge in [0.2, 0.25) is 0 Å². The van der Waals surface area contributed by atoms with E-state index in [2.05, 4.69) is 9.97 Å². The van der Waals surface area contributed by atoms with Crippen LogP contribution in [-0.4, -0.2) is 9.97 Å². The fourth-order valence-electron chi connectivity index (χ4n) is 4.26. The van der Waals surface area contributed by atoms with Gasteiger partial charge in [-0.05, 0) is 62.8 Å². The maximum Gasteiger partial charge on any atom is 0.421 e. The van der Waals surface area contributed by atoms with Crippen LogP contribution in [0.4, 0.5) is 26.3 Å². The summed E-state index contributed by atoms with van der Waals surface area (Å²) in [6, 6.07) is 9.28. The quantitative estimate of drug-likeness (QED) is 0.174. The molecule has 0 saturated heterocycles. The van der Waals surface area contributed by atoms with Crippen molar-refractivity contribution in [1.29, 1.82) is 0 Å². The average molecular weight is 490 g/mol. The third kappa shape index (κ3) is 3.41. The van der Waals surface area contributed by atoms with Crippen molar-refractivity contribution in [3.63, 3.8) is 0 Å². The Morgan fingerprint density at radius 2 is 1.56 bits per heavy atom. The molecule has 3 aromatic carbocycles. The normalized spacial score (nSPS) is 12.9. The van der Waals surface area contributed by atoms with E-state index in [9.17, 15) is 26.3 Å². The molecule has 2 nitrogen and oxygen atoms in total. The van der Waals surface area contributed by atoms with Gasteiger partial charge < -0.3 is 0 Å². The fraction of sp³-hybridized carbons (Fsp3) is 0.200. The number of hydrogen-bond donors (Lipinski definition) is 0. The molecule has 0 aliphatic carbocycles. The van der Waals surface area contributed by atoms with Gasteiger partial charge in [-0.15, -0.1) is 11.3 Å². The summed E-state index contributed by atoms with van der Waals surface area (Å²) in [5, 5.41) is 3.80. The SMILES string of the molecule is CC(C)(C)c1cc(-c2ncnc3c(C(F)(F)F)c(F)c(F)c(F)c23)cc2cc3ccsc3cc12. The number of fused-ring (bicyclic) bond motifs is 3. The van der Waals surface area contributed by atoms with Crippen LogP contribution in [0.2, 0.25) is 0 Å². The molecule has 0 aliphatic heterocycles. The number of alkyl halides is 3. The second-order valence-electron chi connectivity index (χ2n) is 9.07. The first-order valence-corrected chi connectivity index (χ1v) is 11.1. The van der Waals surface area contributed by atoms with Gasteiger partial charge in [-0.3, -0.25) is 0 Å². The van der Waals surface area contributed by atoms with Gasteiger partial charge in [-0.25, -0.2) is 23.1 Å². The standard InChI is InChI=1S/C25H16F6N2S/c1-24(2,3)15-8-13(7-12-6-11-4-5-34-16(11)9-14(12)15)22-17-19(26)21(28)20(27)18(25(29,30)31)23(17)33-10-32-22/h4-10H,1-3H3. The van der Waals surface area contributed by atoms with E-state index in [-0.39, 0.29) is 11.3 Å². The summed E-state index contributed by atoms with van der Waals surface area (Å²) >= 11 is 1.58. The number of hydrogen-bond acceptors (Lipinski definition) is 3. The van der Waals surface area contributed by atoms with E-state index in [1.54, 1.807) is 23.5 Å². The van der Waals surface area contributed by atoms with Crippen LogP contribution in [0.15, 0.2) is 42.0 Å². The zero-order chi connectivity index (χ0) is 24.6. The summed E-state index contributed by atoms with van der Waals surface area (Å²) in [4.78, 5) is 7.50. The molecule has 174 valence electrons. The van der Waals surface area contributed by atoms with Crippen LogP contribution in [0.5, 0.6) is 0 Å². The van der Waals surface area contributed by atoms with Crippen LogP contribution in [0.25, 0.3) is 43.0 Å². The Kier molecular flexibility index (Phi) is 4.91. The summed E-state index contributed by atoms with van der Waals surface area (Å²) in [5.41, 5.74) is -2.50. The van der Waals surface area contributed by atoms with Crippen molar-refractivity contribution >= 4 is 43.1 Å². The van der Waals surface area contributed by atoms with Crippen molar-refractivity contribution in [2.45, 2.75) is 32.4 Å². The van der Waals surface area contributed by atoms with Crippen molar-refractivity contribution in [3.8, 4) is 11.3 Å². The number of aromatic nitrogens is 2. The smallest absolute Gasteiger partial charge is 0.236 e. The molecule has 5 rings (SSSR count). The number of benzene rings is 3. The van der Waals surface area contributed by atoms with Gasteiger partial charge in [0.1, 0.15) is 11.9 Å². The summed E-state index contributed by atoms with van der Waals surface area (Å²) in [6.07, 6.45) is -4.49. The van der Waals surface area contributed by atoms with Crippen LogP contribution >= 0.6 is 11.3 Å². The second-order valence-corrected chi connectivity index (χ2v) is 10.0. The minimum atomic E-state index is -5.28. The Hall–Kier alpha value is -3.20. The second kappa shape index (κ2) is 7.40. The monoisotopic (exact) mass is 490 g/mol. The molecular formula is C25H16F6N2S. The van der Waals surface area contributed by atoms with Crippen molar-refractivity contribution in [2.24, 2.45) is 0 Å². The van der Waals surface area contributed by atoms with E-state index < -0.39 is 45.5 Å². The first kappa shape index (κ1) is 22.6. The Labute approximate surface area is 193 Å². The highest BCUT2D eigenvalue weighted by Crippen LogP contribution is 2.43. The molecule has 0 spiro atoms. The lowest BCUT2D eigenvalue weighted by molar-refractivity contribution is -0.139. The zero-order valence-corrected chi connectivity index (χ0v) is 18.9. The van der Waals surface area contributed by atoms with E-state index in [1.165, 1.54) is 0 Å². The van der Waals surface area contributed by atoms with Gasteiger partial charge >= 0.3 is 6.18 Å². The van der Waals surface area contributed by atoms with Crippen LogP contribution in [0.3, 0.4) is 0 Å². The molecule has 0 radical (unpaired) electrons. The first-order chi connectivity index (χ1) is 15.9. The van der Waals surface area contributed by atoms with Gasteiger partial charge in [0.05, 0.1) is 16.6 Å². The lowest BCUT2D eigenvalue weighted by atomic mass is 9.82. The van der Waals surface area contributed by atoms with Crippen molar-refractivity contribution < 1.29 is 26.3 Å². The Morgan fingerprint density at radius 3 is 2.24 bits per heavy atom. The lowest BCUT2D eigenvalue weighted by Gasteiger charge is -2.23. The van der Waals surface area contributed by atoms with Gasteiger partial charge in [-0.1, -0.05) is 20.8 Å². The fourth-order valence-corrected chi connectivity index (χ4v) is 5.07. The molecule has 5 aromatic rings. The van der Waals surface area contributed by atoms with Crippen LogP contribution in [0, 0.1) is 17.5 Å². The third-order valence-corrected chi connectivity index (χ3v) is 6.68. The number of thiophene rings is 1. The van der Waals surface area contributed by atoms with Crippen LogP contribution in [0.1, 0.15) is 31.9 Å². The molecule has 9 heteroatoms. The molecule has 0 atom stereocenters. The maximum absolute atomic E-state index is 14.9. The van der Waals surface area contributed by atoms with Gasteiger partial charge in [0.25, 0.3) is 0 Å². The Bertz CT molecular complexity index is 1610. The van der Waals surface area contributed by atoms with Crippen molar-refractivity contribution in [1.82, 2.24) is 9.97 Å². The molecule has 2 heterocycles. The minimum absolute atomic E-state index is 0.246. The highest BCUT2D eigenvalue weighted by atomic mass is 32.1. The molecule has 0 fully saturated rings.